The molecule has 5 nitrogen and oxygen atoms in total. The van der Waals surface area contributed by atoms with Crippen molar-refractivity contribution in [2.45, 2.75) is 13.8 Å². The van der Waals surface area contributed by atoms with E-state index in [1.54, 1.807) is 0 Å². The van der Waals surface area contributed by atoms with Gasteiger partial charge in [-0.15, -0.1) is 0 Å². The van der Waals surface area contributed by atoms with Crippen molar-refractivity contribution in [3.63, 3.8) is 0 Å². The fourth-order valence-electron chi connectivity index (χ4n) is 10.3. The van der Waals surface area contributed by atoms with Crippen LogP contribution in [-0.2, 0) is 0 Å². The van der Waals surface area contributed by atoms with Crippen molar-refractivity contribution in [2.75, 3.05) is 0 Å². The van der Waals surface area contributed by atoms with Gasteiger partial charge >= 0.3 is 0 Å². The first-order chi connectivity index (χ1) is 31.6. The van der Waals surface area contributed by atoms with Crippen LogP contribution in [0, 0.1) is 13.8 Å². The maximum atomic E-state index is 5.32. The molecule has 0 aliphatic carbocycles. The number of aromatic nitrogens is 5. The molecule has 0 bridgehead atoms. The summed E-state index contributed by atoms with van der Waals surface area (Å²) in [5.74, 6) is 1.83. The number of hydrogen-bond donors (Lipinski definition) is 0. The summed E-state index contributed by atoms with van der Waals surface area (Å²) in [6.07, 6.45) is 0. The van der Waals surface area contributed by atoms with E-state index < -0.39 is 0 Å². The summed E-state index contributed by atoms with van der Waals surface area (Å²) < 4.78 is 4.74. The van der Waals surface area contributed by atoms with E-state index in [4.69, 9.17) is 15.0 Å². The molecule has 64 heavy (non-hydrogen) atoms. The average Bonchev–Trinajstić information content (AvgIpc) is 3.90. The lowest BCUT2D eigenvalue weighted by molar-refractivity contribution is 0.953. The number of nitrogens with zero attached hydrogens (tertiary/aromatic N) is 5. The van der Waals surface area contributed by atoms with Crippen LogP contribution in [0.5, 0.6) is 0 Å². The van der Waals surface area contributed by atoms with Crippen molar-refractivity contribution in [3.8, 4) is 45.5 Å². The van der Waals surface area contributed by atoms with Gasteiger partial charge in [0.05, 0.1) is 22.1 Å². The number of rotatable bonds is 5. The molecule has 5 heteroatoms. The zero-order chi connectivity index (χ0) is 42.5. The van der Waals surface area contributed by atoms with Crippen molar-refractivity contribution in [2.24, 2.45) is 0 Å². The molecule has 0 radical (unpaired) electrons. The lowest BCUT2D eigenvalue weighted by atomic mass is 9.92. The number of aryl methyl sites for hydroxylation is 2. The molecule has 3 heterocycles. The van der Waals surface area contributed by atoms with E-state index in [0.717, 1.165) is 44.3 Å². The fraction of sp³-hybridized carbons (Fsp3) is 0.0339. The van der Waals surface area contributed by atoms with Gasteiger partial charge in [0, 0.05) is 38.4 Å². The molecule has 0 saturated heterocycles. The summed E-state index contributed by atoms with van der Waals surface area (Å²) in [6.45, 7) is 4.54. The standard InChI is InChI=1S/C59H39N5/c1-36-37(2)54-49-26-14-16-28-52(49)64(59-61-57(39-17-5-3-6-18-39)60-58(62-59)40-19-7-4-8-20-40)56(54)55-53(36)48-25-13-15-27-51(48)63(55)42-32-29-38(30-33-42)41-31-34-47-45-23-10-9-21-43(45)44-22-11-12-24-46(44)50(47)35-41/h3-35H,1-2H3. The maximum Gasteiger partial charge on any atom is 0.238 e. The minimum Gasteiger partial charge on any atom is -0.307 e. The topological polar surface area (TPSA) is 48.5 Å². The Bertz CT molecular complexity index is 3920. The molecule has 13 aromatic rings. The fourth-order valence-corrected chi connectivity index (χ4v) is 10.3. The van der Waals surface area contributed by atoms with E-state index in [0.29, 0.717) is 17.6 Å². The Morgan fingerprint density at radius 1 is 0.312 bits per heavy atom. The summed E-state index contributed by atoms with van der Waals surface area (Å²) in [4.78, 5) is 15.7. The number of benzene rings is 10. The third-order valence-electron chi connectivity index (χ3n) is 13.4. The van der Waals surface area contributed by atoms with Gasteiger partial charge in [-0.25, -0.2) is 4.98 Å². The largest absolute Gasteiger partial charge is 0.307 e. The SMILES string of the molecule is Cc1c(C)c2c3ccccc3n(-c3nc(-c4ccccc4)nc(-c4ccccc4)n3)c2c2c1c1ccccc1n2-c1ccc(-c2ccc3c4ccccc4c4ccccc4c3c2)cc1. The summed E-state index contributed by atoms with van der Waals surface area (Å²) in [5, 5.41) is 12.5. The van der Waals surface area contributed by atoms with Gasteiger partial charge in [0.2, 0.25) is 5.95 Å². The van der Waals surface area contributed by atoms with Crippen molar-refractivity contribution in [1.29, 1.82) is 0 Å². The third-order valence-corrected chi connectivity index (χ3v) is 13.4. The molecule has 0 unspecified atom stereocenters. The van der Waals surface area contributed by atoms with Crippen LogP contribution < -0.4 is 0 Å². The molecule has 300 valence electrons. The maximum absolute atomic E-state index is 5.32. The quantitative estimate of drug-likeness (QED) is 0.163. The lowest BCUT2D eigenvalue weighted by Crippen LogP contribution is -2.07. The Morgan fingerprint density at radius 2 is 0.719 bits per heavy atom. The minimum atomic E-state index is 0.576. The summed E-state index contributed by atoms with van der Waals surface area (Å²) in [7, 11) is 0. The van der Waals surface area contributed by atoms with Crippen LogP contribution in [-0.4, -0.2) is 24.1 Å². The van der Waals surface area contributed by atoms with Gasteiger partial charge in [-0.3, -0.25) is 4.57 Å². The molecule has 0 fully saturated rings. The van der Waals surface area contributed by atoms with Crippen LogP contribution in [0.25, 0.3) is 121 Å². The average molecular weight is 818 g/mol. The van der Waals surface area contributed by atoms with E-state index in [1.165, 1.54) is 70.7 Å². The second-order valence-corrected chi connectivity index (χ2v) is 16.8. The van der Waals surface area contributed by atoms with Crippen LogP contribution in [0.2, 0.25) is 0 Å². The highest BCUT2D eigenvalue weighted by Gasteiger charge is 2.26. The monoisotopic (exact) mass is 817 g/mol. The van der Waals surface area contributed by atoms with Crippen molar-refractivity contribution >= 4 is 75.9 Å². The lowest BCUT2D eigenvalue weighted by Gasteiger charge is -2.15. The smallest absolute Gasteiger partial charge is 0.238 e. The number of hydrogen-bond acceptors (Lipinski definition) is 3. The van der Waals surface area contributed by atoms with Gasteiger partial charge in [-0.05, 0) is 98.8 Å². The van der Waals surface area contributed by atoms with E-state index in [2.05, 4.69) is 187 Å². The predicted molar refractivity (Wildman–Crippen MR) is 267 cm³/mol. The number of para-hydroxylation sites is 2. The van der Waals surface area contributed by atoms with Gasteiger partial charge in [0.25, 0.3) is 0 Å². The molecule has 10 aromatic carbocycles. The Balaban J connectivity index is 1.08. The molecule has 0 spiro atoms. The van der Waals surface area contributed by atoms with E-state index in [9.17, 15) is 0 Å². The Labute approximate surface area is 369 Å². The third kappa shape index (κ3) is 5.34. The molecule has 0 aliphatic heterocycles. The molecule has 0 amide bonds. The molecule has 3 aromatic heterocycles. The van der Waals surface area contributed by atoms with Crippen LogP contribution in [0.15, 0.2) is 200 Å². The minimum absolute atomic E-state index is 0.576. The highest BCUT2D eigenvalue weighted by molar-refractivity contribution is 6.27. The van der Waals surface area contributed by atoms with Gasteiger partial charge in [-0.1, -0.05) is 170 Å². The van der Waals surface area contributed by atoms with Crippen molar-refractivity contribution < 1.29 is 0 Å². The number of fused-ring (bicyclic) bond motifs is 13. The zero-order valence-electron chi connectivity index (χ0n) is 35.3. The van der Waals surface area contributed by atoms with Gasteiger partial charge in [-0.2, -0.15) is 9.97 Å². The second kappa shape index (κ2) is 14.1. The highest BCUT2D eigenvalue weighted by atomic mass is 15.2. The molecular formula is C59H39N5. The predicted octanol–water partition coefficient (Wildman–Crippen LogP) is 15.1. The van der Waals surface area contributed by atoms with Crippen LogP contribution in [0.4, 0.5) is 0 Å². The first-order valence-corrected chi connectivity index (χ1v) is 21.9. The van der Waals surface area contributed by atoms with Crippen LogP contribution >= 0.6 is 0 Å². The van der Waals surface area contributed by atoms with Gasteiger partial charge in [0.1, 0.15) is 0 Å². The first-order valence-electron chi connectivity index (χ1n) is 21.9. The van der Waals surface area contributed by atoms with Crippen molar-refractivity contribution in [3.05, 3.63) is 211 Å². The molecule has 0 aliphatic rings. The van der Waals surface area contributed by atoms with Crippen molar-refractivity contribution in [1.82, 2.24) is 24.1 Å². The summed E-state index contributed by atoms with van der Waals surface area (Å²) in [6, 6.07) is 71.5. The first kappa shape index (κ1) is 36.3. The van der Waals surface area contributed by atoms with Crippen LogP contribution in [0.3, 0.4) is 0 Å². The second-order valence-electron chi connectivity index (χ2n) is 16.8. The Kier molecular flexibility index (Phi) is 7.97. The van der Waals surface area contributed by atoms with Gasteiger partial charge in [0.15, 0.2) is 11.6 Å². The summed E-state index contributed by atoms with van der Waals surface area (Å²) in [5.41, 5.74) is 12.2. The molecule has 0 N–H and O–H groups in total. The molecular weight excluding hydrogens is 779 g/mol. The Hall–Kier alpha value is -8.41. The normalized spacial score (nSPS) is 11.9. The summed E-state index contributed by atoms with van der Waals surface area (Å²) >= 11 is 0. The van der Waals surface area contributed by atoms with E-state index in [-0.39, 0.29) is 0 Å². The molecule has 0 atom stereocenters. The van der Waals surface area contributed by atoms with Gasteiger partial charge < -0.3 is 4.57 Å². The Morgan fingerprint density at radius 3 is 1.25 bits per heavy atom. The zero-order valence-corrected chi connectivity index (χ0v) is 35.3. The molecule has 0 saturated carbocycles. The van der Waals surface area contributed by atoms with E-state index in [1.807, 2.05) is 36.4 Å². The highest BCUT2D eigenvalue weighted by Crippen LogP contribution is 2.45. The van der Waals surface area contributed by atoms with E-state index >= 15 is 0 Å². The van der Waals surface area contributed by atoms with Crippen LogP contribution in [0.1, 0.15) is 11.1 Å². The molecule has 13 rings (SSSR count).